The maximum absolute atomic E-state index is 12.8. The largest absolute Gasteiger partial charge is 0.417 e. The minimum Gasteiger partial charge on any atom is -0.371 e. The van der Waals surface area contributed by atoms with E-state index in [-0.39, 0.29) is 30.2 Å². The van der Waals surface area contributed by atoms with Crippen molar-refractivity contribution in [3.63, 3.8) is 0 Å². The van der Waals surface area contributed by atoms with Gasteiger partial charge in [-0.05, 0) is 37.0 Å². The highest BCUT2D eigenvalue weighted by Gasteiger charge is 2.30. The number of non-ortho nitro benzene ring substituents is 1. The lowest BCUT2D eigenvalue weighted by Crippen LogP contribution is -2.35. The molecular weight excluding hydrogens is 427 g/mol. The summed E-state index contributed by atoms with van der Waals surface area (Å²) in [5.41, 5.74) is -0.142. The summed E-state index contributed by atoms with van der Waals surface area (Å²) in [5.74, 6) is 0.377. The molecule has 172 valence electrons. The zero-order chi connectivity index (χ0) is 23.3. The van der Waals surface area contributed by atoms with Crippen molar-refractivity contribution in [2.24, 2.45) is 5.92 Å². The van der Waals surface area contributed by atoms with Gasteiger partial charge in [-0.1, -0.05) is 6.92 Å². The topological polar surface area (TPSA) is 100 Å². The fourth-order valence-corrected chi connectivity index (χ4v) is 3.47. The third kappa shape index (κ3) is 5.86. The van der Waals surface area contributed by atoms with E-state index in [1.807, 2.05) is 0 Å². The zero-order valence-corrected chi connectivity index (χ0v) is 17.5. The summed E-state index contributed by atoms with van der Waals surface area (Å²) >= 11 is 0. The molecule has 0 atom stereocenters. The Bertz CT molecular complexity index is 958. The summed E-state index contributed by atoms with van der Waals surface area (Å²) in [7, 11) is 0. The molecule has 3 rings (SSSR count). The molecule has 0 aliphatic carbocycles. The molecule has 1 aromatic heterocycles. The summed E-state index contributed by atoms with van der Waals surface area (Å²) in [5, 5.41) is 16.7. The second kappa shape index (κ2) is 9.84. The molecule has 32 heavy (non-hydrogen) atoms. The van der Waals surface area contributed by atoms with Crippen LogP contribution in [0.4, 0.5) is 30.4 Å². The Balaban J connectivity index is 1.62. The van der Waals surface area contributed by atoms with Gasteiger partial charge in [0, 0.05) is 44.5 Å². The van der Waals surface area contributed by atoms with E-state index >= 15 is 0 Å². The molecule has 0 bridgehead atoms. The zero-order valence-electron chi connectivity index (χ0n) is 17.5. The summed E-state index contributed by atoms with van der Waals surface area (Å²) in [6.45, 7) is 4.07. The second-order valence-corrected chi connectivity index (χ2v) is 7.74. The molecule has 11 heteroatoms. The van der Waals surface area contributed by atoms with Gasteiger partial charge in [0.05, 0.1) is 21.7 Å². The Kier molecular flexibility index (Phi) is 7.16. The number of benzene rings is 1. The summed E-state index contributed by atoms with van der Waals surface area (Å²) in [6, 6.07) is 6.40. The van der Waals surface area contributed by atoms with Crippen LogP contribution in [0.25, 0.3) is 0 Å². The van der Waals surface area contributed by atoms with Crippen LogP contribution in [-0.2, 0) is 6.18 Å². The number of alkyl halides is 3. The van der Waals surface area contributed by atoms with Gasteiger partial charge in [0.15, 0.2) is 0 Å². The molecule has 1 saturated heterocycles. The lowest BCUT2D eigenvalue weighted by Gasteiger charge is -2.33. The quantitative estimate of drug-likeness (QED) is 0.374. The van der Waals surface area contributed by atoms with Crippen molar-refractivity contribution < 1.29 is 22.9 Å². The van der Waals surface area contributed by atoms with Gasteiger partial charge in [-0.15, -0.1) is 0 Å². The first kappa shape index (κ1) is 23.3. The molecule has 2 N–H and O–H groups in total. The monoisotopic (exact) mass is 451 g/mol. The molecule has 1 aliphatic rings. The number of rotatable bonds is 7. The molecule has 1 amide bonds. The number of pyridine rings is 1. The molecule has 2 aromatic rings. The van der Waals surface area contributed by atoms with Crippen LogP contribution in [0, 0.1) is 16.0 Å². The van der Waals surface area contributed by atoms with Crippen LogP contribution in [0.2, 0.25) is 0 Å². The molecule has 0 spiro atoms. The van der Waals surface area contributed by atoms with Gasteiger partial charge in [-0.2, -0.15) is 13.2 Å². The van der Waals surface area contributed by atoms with Crippen LogP contribution in [0.5, 0.6) is 0 Å². The van der Waals surface area contributed by atoms with E-state index in [1.165, 1.54) is 18.2 Å². The predicted molar refractivity (Wildman–Crippen MR) is 114 cm³/mol. The minimum absolute atomic E-state index is 0.153. The van der Waals surface area contributed by atoms with Gasteiger partial charge in [0.25, 0.3) is 11.6 Å². The van der Waals surface area contributed by atoms with Crippen LogP contribution in [0.3, 0.4) is 0 Å². The number of nitrogens with zero attached hydrogens (tertiary/aromatic N) is 3. The number of carbonyl (C=O) groups excluding carboxylic acids is 1. The van der Waals surface area contributed by atoms with Crippen molar-refractivity contribution in [1.82, 2.24) is 10.3 Å². The van der Waals surface area contributed by atoms with Crippen LogP contribution < -0.4 is 15.5 Å². The van der Waals surface area contributed by atoms with Gasteiger partial charge in [-0.25, -0.2) is 4.98 Å². The van der Waals surface area contributed by atoms with Crippen LogP contribution >= 0.6 is 0 Å². The number of halogens is 3. The summed E-state index contributed by atoms with van der Waals surface area (Å²) in [6.07, 6.45) is -1.78. The molecule has 0 radical (unpaired) electrons. The molecule has 2 heterocycles. The maximum Gasteiger partial charge on any atom is 0.417 e. The Morgan fingerprint density at radius 2 is 1.94 bits per heavy atom. The number of amides is 1. The predicted octanol–water partition coefficient (Wildman–Crippen LogP) is 4.09. The minimum atomic E-state index is -4.46. The molecule has 0 unspecified atom stereocenters. The standard InChI is InChI=1S/C21H24F3N5O3/c1-14-6-10-28(11-7-14)18-4-3-16(29(31)32)12-17(18)20(30)26-9-8-25-19-5-2-15(13-27-19)21(22,23)24/h2-5,12-14H,6-11H2,1H3,(H,25,27)(H,26,30). The van der Waals surface area contributed by atoms with Crippen molar-refractivity contribution in [2.75, 3.05) is 36.4 Å². The average molecular weight is 451 g/mol. The van der Waals surface area contributed by atoms with Crippen molar-refractivity contribution >= 4 is 23.1 Å². The van der Waals surface area contributed by atoms with E-state index in [2.05, 4.69) is 27.4 Å². The van der Waals surface area contributed by atoms with E-state index in [4.69, 9.17) is 0 Å². The Hall–Kier alpha value is -3.37. The van der Waals surface area contributed by atoms with Crippen molar-refractivity contribution in [3.8, 4) is 0 Å². The molecule has 1 aromatic carbocycles. The van der Waals surface area contributed by atoms with Crippen molar-refractivity contribution in [2.45, 2.75) is 25.9 Å². The Morgan fingerprint density at radius 3 is 2.53 bits per heavy atom. The molecule has 0 saturated carbocycles. The summed E-state index contributed by atoms with van der Waals surface area (Å²) < 4.78 is 37.8. The number of aromatic nitrogens is 1. The number of carbonyl (C=O) groups is 1. The lowest BCUT2D eigenvalue weighted by atomic mass is 9.98. The number of hydrogen-bond donors (Lipinski definition) is 2. The third-order valence-corrected chi connectivity index (χ3v) is 5.37. The van der Waals surface area contributed by atoms with Gasteiger partial charge >= 0.3 is 6.18 Å². The Labute approximate surface area is 183 Å². The van der Waals surface area contributed by atoms with Crippen LogP contribution in [0.15, 0.2) is 36.5 Å². The van der Waals surface area contributed by atoms with Crippen molar-refractivity contribution in [3.05, 3.63) is 57.8 Å². The van der Waals surface area contributed by atoms with E-state index in [9.17, 15) is 28.1 Å². The normalized spacial score (nSPS) is 14.8. The smallest absolute Gasteiger partial charge is 0.371 e. The van der Waals surface area contributed by atoms with E-state index in [1.54, 1.807) is 6.07 Å². The first-order valence-corrected chi connectivity index (χ1v) is 10.2. The van der Waals surface area contributed by atoms with E-state index in [0.717, 1.165) is 38.2 Å². The van der Waals surface area contributed by atoms with Crippen LogP contribution in [-0.4, -0.2) is 42.0 Å². The number of piperidine rings is 1. The first-order chi connectivity index (χ1) is 15.1. The van der Waals surface area contributed by atoms with Gasteiger partial charge < -0.3 is 15.5 Å². The number of nitro benzene ring substituents is 1. The molecular formula is C21H24F3N5O3. The van der Waals surface area contributed by atoms with Gasteiger partial charge in [0.1, 0.15) is 5.82 Å². The molecule has 1 aliphatic heterocycles. The van der Waals surface area contributed by atoms with E-state index in [0.29, 0.717) is 11.6 Å². The highest BCUT2D eigenvalue weighted by Crippen LogP contribution is 2.30. The van der Waals surface area contributed by atoms with Gasteiger partial charge in [-0.3, -0.25) is 14.9 Å². The lowest BCUT2D eigenvalue weighted by molar-refractivity contribution is -0.384. The number of anilines is 2. The van der Waals surface area contributed by atoms with Crippen LogP contribution in [0.1, 0.15) is 35.7 Å². The highest BCUT2D eigenvalue weighted by atomic mass is 19.4. The fraction of sp³-hybridized carbons (Fsp3) is 0.429. The molecule has 8 nitrogen and oxygen atoms in total. The molecule has 1 fully saturated rings. The SMILES string of the molecule is CC1CCN(c2ccc([N+](=O)[O-])cc2C(=O)NCCNc2ccc(C(F)(F)F)cn2)CC1. The average Bonchev–Trinajstić information content (AvgIpc) is 2.76. The maximum atomic E-state index is 12.8. The first-order valence-electron chi connectivity index (χ1n) is 10.2. The Morgan fingerprint density at radius 1 is 1.22 bits per heavy atom. The number of nitrogens with one attached hydrogen (secondary N) is 2. The summed E-state index contributed by atoms with van der Waals surface area (Å²) in [4.78, 5) is 29.2. The fourth-order valence-electron chi connectivity index (χ4n) is 3.47. The number of hydrogen-bond acceptors (Lipinski definition) is 6. The van der Waals surface area contributed by atoms with E-state index < -0.39 is 22.6 Å². The van der Waals surface area contributed by atoms with Crippen molar-refractivity contribution in [1.29, 1.82) is 0 Å². The van der Waals surface area contributed by atoms with Gasteiger partial charge in [0.2, 0.25) is 0 Å². The third-order valence-electron chi connectivity index (χ3n) is 5.37. The second-order valence-electron chi connectivity index (χ2n) is 7.74. The number of nitro groups is 1. The highest BCUT2D eigenvalue weighted by molar-refractivity contribution is 6.00.